The molecule has 1 aromatic rings. The Morgan fingerprint density at radius 2 is 2.00 bits per heavy atom. The molecule has 1 atom stereocenters. The van der Waals surface area contributed by atoms with Gasteiger partial charge in [0.05, 0.1) is 26.6 Å². The van der Waals surface area contributed by atoms with Gasteiger partial charge >= 0.3 is 5.97 Å². The molecule has 0 N–H and O–H groups in total. The number of carbonyl (C=O) groups excluding carboxylic acids is 2. The molecule has 25 heavy (non-hydrogen) atoms. The summed E-state index contributed by atoms with van der Waals surface area (Å²) in [4.78, 5) is 25.8. The molecule has 0 saturated carbocycles. The highest BCUT2D eigenvalue weighted by Gasteiger charge is 2.36. The molecule has 8 heteroatoms. The number of hydrogen-bond acceptors (Lipinski definition) is 6. The van der Waals surface area contributed by atoms with Crippen LogP contribution >= 0.6 is 27.7 Å². The van der Waals surface area contributed by atoms with Crippen molar-refractivity contribution in [2.75, 3.05) is 33.1 Å². The largest absolute Gasteiger partial charge is 0.493 e. The predicted octanol–water partition coefficient (Wildman–Crippen LogP) is 3.38. The molecule has 0 aromatic heterocycles. The summed E-state index contributed by atoms with van der Waals surface area (Å²) in [5.74, 6) is 1.03. The van der Waals surface area contributed by atoms with Crippen LogP contribution in [0.5, 0.6) is 11.5 Å². The fraction of sp³-hybridized carbons (Fsp3) is 0.529. The zero-order chi connectivity index (χ0) is 18.4. The van der Waals surface area contributed by atoms with Crippen LogP contribution in [0.2, 0.25) is 0 Å². The summed E-state index contributed by atoms with van der Waals surface area (Å²) in [5.41, 5.74) is 0.856. The summed E-state index contributed by atoms with van der Waals surface area (Å²) < 4.78 is 16.6. The predicted molar refractivity (Wildman–Crippen MR) is 100 cm³/mol. The van der Waals surface area contributed by atoms with Gasteiger partial charge in [0, 0.05) is 10.0 Å². The Morgan fingerprint density at radius 1 is 1.32 bits per heavy atom. The SMILES string of the molecule is CCCCOC(=O)CN1C(=O)CSC1c1cc(OC)c(OC)cc1Br. The average molecular weight is 432 g/mol. The Bertz CT molecular complexity index is 640. The first-order valence-electron chi connectivity index (χ1n) is 7.99. The monoisotopic (exact) mass is 431 g/mol. The molecule has 1 fully saturated rings. The van der Waals surface area contributed by atoms with Gasteiger partial charge < -0.3 is 19.1 Å². The topological polar surface area (TPSA) is 65.1 Å². The first-order valence-corrected chi connectivity index (χ1v) is 9.84. The van der Waals surface area contributed by atoms with Crippen LogP contribution in [0.25, 0.3) is 0 Å². The van der Waals surface area contributed by atoms with Crippen LogP contribution < -0.4 is 9.47 Å². The van der Waals surface area contributed by atoms with Crippen LogP contribution in [-0.2, 0) is 14.3 Å². The normalized spacial score (nSPS) is 16.9. The van der Waals surface area contributed by atoms with Crippen molar-refractivity contribution in [2.24, 2.45) is 0 Å². The van der Waals surface area contributed by atoms with Crippen molar-refractivity contribution >= 4 is 39.6 Å². The van der Waals surface area contributed by atoms with E-state index in [1.807, 2.05) is 13.0 Å². The number of unbranched alkanes of at least 4 members (excludes halogenated alkanes) is 1. The third-order valence-corrected chi connectivity index (χ3v) is 5.72. The van der Waals surface area contributed by atoms with Gasteiger partial charge in [-0.05, 0) is 18.6 Å². The Morgan fingerprint density at radius 3 is 2.64 bits per heavy atom. The number of benzene rings is 1. The van der Waals surface area contributed by atoms with Gasteiger partial charge in [0.15, 0.2) is 11.5 Å². The fourth-order valence-electron chi connectivity index (χ4n) is 2.46. The van der Waals surface area contributed by atoms with Gasteiger partial charge in [-0.1, -0.05) is 29.3 Å². The minimum atomic E-state index is -0.383. The van der Waals surface area contributed by atoms with Crippen LogP contribution in [-0.4, -0.2) is 49.9 Å². The van der Waals surface area contributed by atoms with Gasteiger partial charge in [-0.15, -0.1) is 11.8 Å². The van der Waals surface area contributed by atoms with Crippen molar-refractivity contribution in [3.63, 3.8) is 0 Å². The highest BCUT2D eigenvalue weighted by atomic mass is 79.9. The third kappa shape index (κ3) is 4.82. The maximum atomic E-state index is 12.2. The number of amides is 1. The van der Waals surface area contributed by atoms with Crippen molar-refractivity contribution in [3.05, 3.63) is 22.2 Å². The van der Waals surface area contributed by atoms with Crippen molar-refractivity contribution in [2.45, 2.75) is 25.1 Å². The van der Waals surface area contributed by atoms with Gasteiger partial charge in [-0.3, -0.25) is 9.59 Å². The molecule has 138 valence electrons. The number of halogens is 1. The molecule has 1 heterocycles. The average Bonchev–Trinajstić information content (AvgIpc) is 2.95. The summed E-state index contributed by atoms with van der Waals surface area (Å²) in [5, 5.41) is -0.277. The maximum absolute atomic E-state index is 12.2. The summed E-state index contributed by atoms with van der Waals surface area (Å²) in [6, 6.07) is 3.63. The first kappa shape index (κ1) is 19.9. The van der Waals surface area contributed by atoms with Gasteiger partial charge in [0.25, 0.3) is 0 Å². The van der Waals surface area contributed by atoms with Crippen LogP contribution in [0.3, 0.4) is 0 Å². The second-order valence-electron chi connectivity index (χ2n) is 5.49. The van der Waals surface area contributed by atoms with Crippen molar-refractivity contribution in [1.29, 1.82) is 0 Å². The quantitative estimate of drug-likeness (QED) is 0.464. The van der Waals surface area contributed by atoms with E-state index in [1.54, 1.807) is 25.2 Å². The second-order valence-corrected chi connectivity index (χ2v) is 7.41. The van der Waals surface area contributed by atoms with Crippen LogP contribution in [0, 0.1) is 0 Å². The lowest BCUT2D eigenvalue weighted by atomic mass is 10.1. The summed E-state index contributed by atoms with van der Waals surface area (Å²) in [6.45, 7) is 2.36. The van der Waals surface area contributed by atoms with Gasteiger partial charge in [-0.2, -0.15) is 0 Å². The summed E-state index contributed by atoms with van der Waals surface area (Å²) in [6.07, 6.45) is 1.77. The van der Waals surface area contributed by atoms with Crippen molar-refractivity contribution in [1.82, 2.24) is 4.90 Å². The highest BCUT2D eigenvalue weighted by Crippen LogP contribution is 2.45. The number of nitrogens with zero attached hydrogens (tertiary/aromatic N) is 1. The number of ether oxygens (including phenoxy) is 3. The molecule has 0 aliphatic carbocycles. The molecule has 6 nitrogen and oxygen atoms in total. The summed E-state index contributed by atoms with van der Waals surface area (Å²) in [7, 11) is 3.13. The van der Waals surface area contributed by atoms with E-state index in [2.05, 4.69) is 15.9 Å². The molecular formula is C17H22BrNO5S. The molecule has 1 aliphatic heterocycles. The highest BCUT2D eigenvalue weighted by molar-refractivity contribution is 9.10. The number of methoxy groups -OCH3 is 2. The number of thioether (sulfide) groups is 1. The molecule has 0 bridgehead atoms. The molecule has 0 radical (unpaired) electrons. The van der Waals surface area contributed by atoms with E-state index in [-0.39, 0.29) is 23.8 Å². The van der Waals surface area contributed by atoms with Gasteiger partial charge in [0.1, 0.15) is 11.9 Å². The van der Waals surface area contributed by atoms with E-state index >= 15 is 0 Å². The number of carbonyl (C=O) groups is 2. The van der Waals surface area contributed by atoms with Crippen molar-refractivity contribution in [3.8, 4) is 11.5 Å². The molecule has 1 unspecified atom stereocenters. The smallest absolute Gasteiger partial charge is 0.325 e. The number of rotatable bonds is 8. The third-order valence-electron chi connectivity index (χ3n) is 3.80. The fourth-order valence-corrected chi connectivity index (χ4v) is 4.36. The minimum Gasteiger partial charge on any atom is -0.493 e. The standard InChI is InChI=1S/C17H22BrNO5S/c1-4-5-6-24-16(21)9-19-15(20)10-25-17(19)11-7-13(22-2)14(23-3)8-12(11)18/h7-8,17H,4-6,9-10H2,1-3H3. The number of hydrogen-bond donors (Lipinski definition) is 0. The zero-order valence-corrected chi connectivity index (χ0v) is 16.9. The van der Waals surface area contributed by atoms with Crippen LogP contribution in [0.1, 0.15) is 30.7 Å². The Balaban J connectivity index is 2.19. The second kappa shape index (κ2) is 9.33. The molecule has 0 spiro atoms. The summed E-state index contributed by atoms with van der Waals surface area (Å²) >= 11 is 4.99. The van der Waals surface area contributed by atoms with E-state index < -0.39 is 0 Å². The lowest BCUT2D eigenvalue weighted by Crippen LogP contribution is -2.34. The minimum absolute atomic E-state index is 0.0546. The van der Waals surface area contributed by atoms with E-state index in [0.29, 0.717) is 23.9 Å². The van der Waals surface area contributed by atoms with E-state index in [0.717, 1.165) is 22.9 Å². The van der Waals surface area contributed by atoms with Gasteiger partial charge in [0.2, 0.25) is 5.91 Å². The molecular weight excluding hydrogens is 410 g/mol. The van der Waals surface area contributed by atoms with Crippen molar-refractivity contribution < 1.29 is 23.8 Å². The Hall–Kier alpha value is -1.41. The van der Waals surface area contributed by atoms with E-state index in [9.17, 15) is 9.59 Å². The molecule has 1 aliphatic rings. The molecule has 1 aromatic carbocycles. The van der Waals surface area contributed by atoms with Crippen LogP contribution in [0.15, 0.2) is 16.6 Å². The molecule has 1 amide bonds. The lowest BCUT2D eigenvalue weighted by molar-refractivity contribution is -0.148. The number of esters is 1. The van der Waals surface area contributed by atoms with E-state index in [1.165, 1.54) is 11.8 Å². The first-order chi connectivity index (χ1) is 12.0. The van der Waals surface area contributed by atoms with Gasteiger partial charge in [-0.25, -0.2) is 0 Å². The van der Waals surface area contributed by atoms with E-state index in [4.69, 9.17) is 14.2 Å². The molecule has 2 rings (SSSR count). The Labute approximate surface area is 160 Å². The zero-order valence-electron chi connectivity index (χ0n) is 14.5. The van der Waals surface area contributed by atoms with Crippen LogP contribution in [0.4, 0.5) is 0 Å². The maximum Gasteiger partial charge on any atom is 0.325 e. The molecule has 1 saturated heterocycles. The Kier molecular flexibility index (Phi) is 7.43. The lowest BCUT2D eigenvalue weighted by Gasteiger charge is -2.25.